The van der Waals surface area contributed by atoms with Crippen LogP contribution in [0.3, 0.4) is 0 Å². The van der Waals surface area contributed by atoms with Gasteiger partial charge in [0.25, 0.3) is 0 Å². The Balaban J connectivity index is 5.21. The number of aliphatic hydroxyl groups excluding tert-OH is 1. The Morgan fingerprint density at radius 2 is 0.471 bits per heavy atom. The van der Waals surface area contributed by atoms with Crippen LogP contribution in [0.2, 0.25) is 0 Å². The zero-order valence-electron chi connectivity index (χ0n) is 67.2. The molecule has 0 amide bonds. The maximum absolute atomic E-state index is 13.1. The third kappa shape index (κ3) is 74.9. The van der Waals surface area contributed by atoms with Crippen LogP contribution < -0.4 is 0 Å². The van der Waals surface area contributed by atoms with E-state index in [-0.39, 0.29) is 25.7 Å². The number of hydrogen-bond donors (Lipinski definition) is 3. The van der Waals surface area contributed by atoms with Crippen LogP contribution in [0.4, 0.5) is 0 Å². The molecule has 0 aromatic heterocycles. The van der Waals surface area contributed by atoms with E-state index < -0.39 is 97.5 Å². The molecule has 0 fully saturated rings. The summed E-state index contributed by atoms with van der Waals surface area (Å²) in [6.45, 7) is 14.3. The number of unbranched alkanes of at least 4 members (excludes halogenated alkanes) is 45. The summed E-state index contributed by atoms with van der Waals surface area (Å²) in [5, 5.41) is 10.7. The molecule has 0 bridgehead atoms. The van der Waals surface area contributed by atoms with Crippen LogP contribution in [0.5, 0.6) is 0 Å². The second-order valence-corrected chi connectivity index (χ2v) is 34.4. The minimum Gasteiger partial charge on any atom is -0.462 e. The van der Waals surface area contributed by atoms with Gasteiger partial charge in [-0.25, -0.2) is 9.13 Å². The van der Waals surface area contributed by atoms with Crippen molar-refractivity contribution < 1.29 is 80.2 Å². The molecule has 0 aliphatic rings. The molecule has 17 nitrogen and oxygen atoms in total. The summed E-state index contributed by atoms with van der Waals surface area (Å²) in [4.78, 5) is 73.1. The molecule has 0 spiro atoms. The van der Waals surface area contributed by atoms with Gasteiger partial charge < -0.3 is 33.8 Å². The minimum atomic E-state index is -4.96. The molecule has 0 rings (SSSR count). The SMILES string of the molecule is CCC(C)CCCCCCCCC(=O)OC[C@H](COP(=O)(O)OC[C@H](O)COP(=O)(O)OC[C@@H](COC(=O)CCCCCCCCCCCCC(C)C)OC(=O)CCCCCCCCCCCCCCCCCC(C)C)OC(=O)CCCCCCCCCCCCCCCCCCCCC(C)C. The second-order valence-electron chi connectivity index (χ2n) is 31.5. The van der Waals surface area contributed by atoms with Gasteiger partial charge in [-0.15, -0.1) is 0 Å². The van der Waals surface area contributed by atoms with E-state index in [0.29, 0.717) is 25.7 Å². The molecule has 0 saturated heterocycles. The van der Waals surface area contributed by atoms with E-state index >= 15 is 0 Å². The van der Waals surface area contributed by atoms with Crippen molar-refractivity contribution in [3.8, 4) is 0 Å². The predicted octanol–water partition coefficient (Wildman–Crippen LogP) is 24.8. The molecule has 0 aromatic carbocycles. The Morgan fingerprint density at radius 3 is 0.696 bits per heavy atom. The summed E-state index contributed by atoms with van der Waals surface area (Å²) in [5.74, 6) is 0.999. The zero-order valence-corrected chi connectivity index (χ0v) is 69.0. The van der Waals surface area contributed by atoms with E-state index in [2.05, 4.69) is 55.4 Å². The van der Waals surface area contributed by atoms with Crippen molar-refractivity contribution in [2.24, 2.45) is 23.7 Å². The van der Waals surface area contributed by atoms with Gasteiger partial charge >= 0.3 is 39.5 Å². The molecule has 0 aliphatic heterocycles. The van der Waals surface area contributed by atoms with Crippen LogP contribution in [0.15, 0.2) is 0 Å². The lowest BCUT2D eigenvalue weighted by Gasteiger charge is -2.21. The molecule has 3 unspecified atom stereocenters. The second kappa shape index (κ2) is 72.0. The number of phosphoric ester groups is 2. The maximum atomic E-state index is 13.1. The standard InChI is InChI=1S/C83H162O17P2/c1-9-76(8)62-54-46-41-42-48-56-64-81(86)94-70-79(100-83(88)66-57-49-39-33-25-21-17-13-11-10-12-15-19-23-29-35-43-51-59-73(2)3)72-98-102(91,92)96-68-77(84)67-95-101(89,90)97-71-78(69-93-80(85)63-55-47-38-32-28-27-31-37-45-53-61-75(6)7)99-82(87)65-58-50-40-34-26-22-18-14-16-20-24-30-36-44-52-60-74(4)5/h73-79,84H,9-72H2,1-8H3,(H,89,90)(H,91,92)/t76?,77-,78-,79-/m1/s1. The van der Waals surface area contributed by atoms with Crippen LogP contribution in [0.1, 0.15) is 428 Å². The summed E-state index contributed by atoms with van der Waals surface area (Å²) in [7, 11) is -9.92. The van der Waals surface area contributed by atoms with E-state index in [9.17, 15) is 43.2 Å². The highest BCUT2D eigenvalue weighted by Gasteiger charge is 2.30. The molecule has 0 aromatic rings. The van der Waals surface area contributed by atoms with Crippen molar-refractivity contribution in [1.29, 1.82) is 0 Å². The number of phosphoric acid groups is 2. The van der Waals surface area contributed by atoms with Gasteiger partial charge in [0.1, 0.15) is 19.3 Å². The van der Waals surface area contributed by atoms with Gasteiger partial charge in [-0.3, -0.25) is 37.3 Å². The molecule has 102 heavy (non-hydrogen) atoms. The Hall–Kier alpha value is -1.94. The van der Waals surface area contributed by atoms with Gasteiger partial charge in [0.05, 0.1) is 26.4 Å². The smallest absolute Gasteiger partial charge is 0.462 e. The Labute approximate surface area is 626 Å². The molecule has 0 saturated carbocycles. The number of carbonyl (C=O) groups is 4. The Bertz CT molecular complexity index is 1990. The topological polar surface area (TPSA) is 237 Å². The Kier molecular flexibility index (Phi) is 70.6. The first-order valence-electron chi connectivity index (χ1n) is 42.7. The summed E-state index contributed by atoms with van der Waals surface area (Å²) < 4.78 is 68.8. The van der Waals surface area contributed by atoms with E-state index in [1.54, 1.807) is 0 Å². The van der Waals surface area contributed by atoms with Crippen LogP contribution in [-0.4, -0.2) is 96.7 Å². The number of hydrogen-bond acceptors (Lipinski definition) is 15. The third-order valence-corrected chi connectivity index (χ3v) is 21.6. The molecule has 19 heteroatoms. The lowest BCUT2D eigenvalue weighted by molar-refractivity contribution is -0.161. The first-order valence-corrected chi connectivity index (χ1v) is 45.7. The highest BCUT2D eigenvalue weighted by molar-refractivity contribution is 7.47. The molecule has 0 aliphatic carbocycles. The van der Waals surface area contributed by atoms with Gasteiger partial charge in [-0.2, -0.15) is 0 Å². The van der Waals surface area contributed by atoms with Crippen LogP contribution >= 0.6 is 15.6 Å². The maximum Gasteiger partial charge on any atom is 0.472 e. The summed E-state index contributed by atoms with van der Waals surface area (Å²) in [6.07, 6.45) is 59.8. The van der Waals surface area contributed by atoms with Gasteiger partial charge in [0.15, 0.2) is 12.2 Å². The van der Waals surface area contributed by atoms with Gasteiger partial charge in [-0.1, -0.05) is 376 Å². The predicted molar refractivity (Wildman–Crippen MR) is 418 cm³/mol. The van der Waals surface area contributed by atoms with E-state index in [1.807, 2.05) is 0 Å². The molecule has 0 heterocycles. The largest absolute Gasteiger partial charge is 0.472 e. The fraction of sp³-hybridized carbons (Fsp3) is 0.952. The minimum absolute atomic E-state index is 0.107. The summed E-state index contributed by atoms with van der Waals surface area (Å²) in [6, 6.07) is 0. The zero-order chi connectivity index (χ0) is 75.3. The molecular weight excluding hydrogens is 1330 g/mol. The first kappa shape index (κ1) is 100. The van der Waals surface area contributed by atoms with Crippen LogP contribution in [0.25, 0.3) is 0 Å². The monoisotopic (exact) mass is 1490 g/mol. The molecule has 6 atom stereocenters. The van der Waals surface area contributed by atoms with Crippen molar-refractivity contribution in [3.05, 3.63) is 0 Å². The fourth-order valence-corrected chi connectivity index (χ4v) is 14.3. The average molecular weight is 1490 g/mol. The molecular formula is C83H162O17P2. The van der Waals surface area contributed by atoms with E-state index in [1.165, 1.54) is 225 Å². The van der Waals surface area contributed by atoms with E-state index in [0.717, 1.165) is 120 Å². The van der Waals surface area contributed by atoms with Crippen LogP contribution in [-0.2, 0) is 65.4 Å². The first-order chi connectivity index (χ1) is 49.1. The third-order valence-electron chi connectivity index (χ3n) is 19.7. The number of esters is 4. The van der Waals surface area contributed by atoms with Crippen molar-refractivity contribution >= 4 is 39.5 Å². The Morgan fingerprint density at radius 1 is 0.275 bits per heavy atom. The van der Waals surface area contributed by atoms with Crippen molar-refractivity contribution in [1.82, 2.24) is 0 Å². The fourth-order valence-electron chi connectivity index (χ4n) is 12.8. The summed E-state index contributed by atoms with van der Waals surface area (Å²) in [5.41, 5.74) is 0. The quantitative estimate of drug-likeness (QED) is 0.0222. The number of aliphatic hydroxyl groups is 1. The molecule has 606 valence electrons. The van der Waals surface area contributed by atoms with E-state index in [4.69, 9.17) is 37.0 Å². The molecule has 0 radical (unpaired) electrons. The number of ether oxygens (including phenoxy) is 4. The van der Waals surface area contributed by atoms with Gasteiger partial charge in [-0.05, 0) is 49.4 Å². The summed E-state index contributed by atoms with van der Waals surface area (Å²) >= 11 is 0. The molecule has 3 N–H and O–H groups in total. The lowest BCUT2D eigenvalue weighted by Crippen LogP contribution is -2.30. The number of carbonyl (C=O) groups excluding carboxylic acids is 4. The van der Waals surface area contributed by atoms with Gasteiger partial charge in [0.2, 0.25) is 0 Å². The van der Waals surface area contributed by atoms with Crippen molar-refractivity contribution in [2.45, 2.75) is 446 Å². The van der Waals surface area contributed by atoms with Crippen molar-refractivity contribution in [3.63, 3.8) is 0 Å². The average Bonchev–Trinajstić information content (AvgIpc) is 2.51. The lowest BCUT2D eigenvalue weighted by atomic mass is 10.00. The van der Waals surface area contributed by atoms with Crippen LogP contribution in [0, 0.1) is 23.7 Å². The van der Waals surface area contributed by atoms with Crippen molar-refractivity contribution in [2.75, 3.05) is 39.6 Å². The number of rotatable bonds is 80. The van der Waals surface area contributed by atoms with Gasteiger partial charge in [0, 0.05) is 25.7 Å². The normalized spacial score (nSPS) is 14.3. The highest BCUT2D eigenvalue weighted by Crippen LogP contribution is 2.45. The highest BCUT2D eigenvalue weighted by atomic mass is 31.2.